The van der Waals surface area contributed by atoms with Gasteiger partial charge in [-0.05, 0) is 59.4 Å². The minimum Gasteiger partial charge on any atom is -0.0843 e. The molecule has 0 spiro atoms. The summed E-state index contributed by atoms with van der Waals surface area (Å²) >= 11 is 5.96. The average Bonchev–Trinajstić information content (AvgIpc) is 2.53. The predicted octanol–water partition coefficient (Wildman–Crippen LogP) is 7.15. The van der Waals surface area contributed by atoms with Crippen molar-refractivity contribution in [1.82, 2.24) is 0 Å². The van der Waals surface area contributed by atoms with Crippen molar-refractivity contribution in [1.29, 1.82) is 0 Å². The van der Waals surface area contributed by atoms with Crippen molar-refractivity contribution < 1.29 is 0 Å². The fourth-order valence-electron chi connectivity index (χ4n) is 2.83. The van der Waals surface area contributed by atoms with E-state index in [0.29, 0.717) is 17.8 Å². The van der Waals surface area contributed by atoms with Gasteiger partial charge in [-0.2, -0.15) is 0 Å². The van der Waals surface area contributed by atoms with Crippen LogP contribution in [0.4, 0.5) is 0 Å². The fraction of sp³-hybridized carbons (Fsp3) is 0.429. The Hall–Kier alpha value is -1.27. The van der Waals surface area contributed by atoms with Gasteiger partial charge in [0.05, 0.1) is 0 Å². The lowest BCUT2D eigenvalue weighted by atomic mass is 9.88. The van der Waals surface area contributed by atoms with Crippen LogP contribution in [0, 0.1) is 0 Å². The van der Waals surface area contributed by atoms with Crippen LogP contribution in [-0.4, -0.2) is 0 Å². The monoisotopic (exact) mass is 314 g/mol. The lowest BCUT2D eigenvalue weighted by Crippen LogP contribution is -1.99. The average molecular weight is 315 g/mol. The molecule has 2 atom stereocenters. The highest BCUT2D eigenvalue weighted by Gasteiger charge is 2.11. The van der Waals surface area contributed by atoms with Gasteiger partial charge in [-0.1, -0.05) is 75.7 Å². The molecule has 0 aliphatic carbocycles. The number of rotatable bonds is 6. The molecule has 2 unspecified atom stereocenters. The third-order valence-electron chi connectivity index (χ3n) is 4.64. The zero-order valence-electron chi connectivity index (χ0n) is 14.1. The normalized spacial score (nSPS) is 14.1. The molecule has 0 bridgehead atoms. The predicted molar refractivity (Wildman–Crippen MR) is 98.0 cm³/mol. The molecule has 0 aliphatic heterocycles. The smallest absolute Gasteiger partial charge is 0.0406 e. The second kappa shape index (κ2) is 7.83. The summed E-state index contributed by atoms with van der Waals surface area (Å²) in [4.78, 5) is 0. The first-order chi connectivity index (χ1) is 10.5. The van der Waals surface area contributed by atoms with E-state index in [1.807, 2.05) is 12.1 Å². The Morgan fingerprint density at radius 1 is 0.636 bits per heavy atom. The highest BCUT2D eigenvalue weighted by molar-refractivity contribution is 6.30. The Morgan fingerprint density at radius 3 is 1.41 bits per heavy atom. The Morgan fingerprint density at radius 2 is 1.00 bits per heavy atom. The highest BCUT2D eigenvalue weighted by atomic mass is 35.5. The van der Waals surface area contributed by atoms with Crippen molar-refractivity contribution in [3.05, 3.63) is 70.2 Å². The number of halogens is 1. The van der Waals surface area contributed by atoms with Crippen LogP contribution in [0.15, 0.2) is 48.5 Å². The van der Waals surface area contributed by atoms with E-state index in [1.54, 1.807) is 0 Å². The van der Waals surface area contributed by atoms with Gasteiger partial charge in [-0.3, -0.25) is 0 Å². The molecule has 118 valence electrons. The van der Waals surface area contributed by atoms with Crippen molar-refractivity contribution in [2.45, 2.75) is 58.3 Å². The van der Waals surface area contributed by atoms with Crippen LogP contribution in [0.5, 0.6) is 0 Å². The first kappa shape index (κ1) is 17.1. The van der Waals surface area contributed by atoms with Crippen LogP contribution in [0.25, 0.3) is 0 Å². The van der Waals surface area contributed by atoms with E-state index in [9.17, 15) is 0 Å². The van der Waals surface area contributed by atoms with Gasteiger partial charge >= 0.3 is 0 Å². The molecule has 0 saturated heterocycles. The van der Waals surface area contributed by atoms with Gasteiger partial charge in [-0.15, -0.1) is 0 Å². The summed E-state index contributed by atoms with van der Waals surface area (Å²) in [6, 6.07) is 17.4. The first-order valence-corrected chi connectivity index (χ1v) is 8.70. The lowest BCUT2D eigenvalue weighted by molar-refractivity contribution is 0.573. The number of hydrogen-bond acceptors (Lipinski definition) is 0. The molecule has 22 heavy (non-hydrogen) atoms. The summed E-state index contributed by atoms with van der Waals surface area (Å²) in [6.45, 7) is 9.12. The van der Waals surface area contributed by atoms with E-state index in [2.05, 4.69) is 64.1 Å². The number of hydrogen-bond donors (Lipinski definition) is 0. The van der Waals surface area contributed by atoms with Crippen LogP contribution in [0.1, 0.15) is 75.0 Å². The van der Waals surface area contributed by atoms with Gasteiger partial charge in [0.25, 0.3) is 0 Å². The standard InChI is InChI=1S/C21H27Cl/c1-15(2)18-7-9-19(10-8-18)16(3)5-6-17(4)20-11-13-21(22)14-12-20/h7-17H,5-6H2,1-4H3. The Labute approximate surface area is 140 Å². The van der Waals surface area contributed by atoms with E-state index in [-0.39, 0.29) is 0 Å². The molecule has 0 fully saturated rings. The van der Waals surface area contributed by atoms with E-state index < -0.39 is 0 Å². The summed E-state index contributed by atoms with van der Waals surface area (Å²) < 4.78 is 0. The molecule has 0 saturated carbocycles. The molecule has 0 radical (unpaired) electrons. The fourth-order valence-corrected chi connectivity index (χ4v) is 2.96. The van der Waals surface area contributed by atoms with Crippen LogP contribution in [0.3, 0.4) is 0 Å². The zero-order chi connectivity index (χ0) is 16.1. The summed E-state index contributed by atoms with van der Waals surface area (Å²) in [5.74, 6) is 1.79. The molecule has 0 N–H and O–H groups in total. The van der Waals surface area contributed by atoms with E-state index >= 15 is 0 Å². The maximum Gasteiger partial charge on any atom is 0.0406 e. The van der Waals surface area contributed by atoms with Crippen LogP contribution in [-0.2, 0) is 0 Å². The molecular weight excluding hydrogens is 288 g/mol. The summed E-state index contributed by atoms with van der Waals surface area (Å²) in [5, 5.41) is 0.814. The topological polar surface area (TPSA) is 0 Å². The van der Waals surface area contributed by atoms with Crippen molar-refractivity contribution in [2.75, 3.05) is 0 Å². The summed E-state index contributed by atoms with van der Waals surface area (Å²) in [7, 11) is 0. The van der Waals surface area contributed by atoms with Gasteiger partial charge in [-0.25, -0.2) is 0 Å². The Balaban J connectivity index is 1.91. The molecule has 0 amide bonds. The van der Waals surface area contributed by atoms with Gasteiger partial charge in [0.2, 0.25) is 0 Å². The van der Waals surface area contributed by atoms with Crippen LogP contribution < -0.4 is 0 Å². The van der Waals surface area contributed by atoms with Gasteiger partial charge < -0.3 is 0 Å². The maximum absolute atomic E-state index is 5.96. The number of benzene rings is 2. The van der Waals surface area contributed by atoms with Gasteiger partial charge in [0.1, 0.15) is 0 Å². The van der Waals surface area contributed by atoms with Gasteiger partial charge in [0.15, 0.2) is 0 Å². The third kappa shape index (κ3) is 4.61. The zero-order valence-corrected chi connectivity index (χ0v) is 14.9. The van der Waals surface area contributed by atoms with E-state index in [0.717, 1.165) is 5.02 Å². The first-order valence-electron chi connectivity index (χ1n) is 8.32. The molecule has 0 aliphatic rings. The molecular formula is C21H27Cl. The quantitative estimate of drug-likeness (QED) is 0.531. The van der Waals surface area contributed by atoms with E-state index in [1.165, 1.54) is 29.5 Å². The Kier molecular flexibility index (Phi) is 6.08. The third-order valence-corrected chi connectivity index (χ3v) is 4.90. The lowest BCUT2D eigenvalue weighted by Gasteiger charge is -2.17. The second-order valence-corrected chi connectivity index (χ2v) is 7.19. The minimum atomic E-state index is 0.578. The van der Waals surface area contributed by atoms with Crippen molar-refractivity contribution in [2.24, 2.45) is 0 Å². The molecule has 2 aromatic carbocycles. The van der Waals surface area contributed by atoms with Crippen LogP contribution in [0.2, 0.25) is 5.02 Å². The molecule has 0 nitrogen and oxygen atoms in total. The summed E-state index contributed by atoms with van der Waals surface area (Å²) in [5.41, 5.74) is 4.25. The molecule has 2 aromatic rings. The van der Waals surface area contributed by atoms with Gasteiger partial charge in [0, 0.05) is 5.02 Å². The van der Waals surface area contributed by atoms with Crippen molar-refractivity contribution in [3.8, 4) is 0 Å². The minimum absolute atomic E-state index is 0.578. The maximum atomic E-state index is 5.96. The van der Waals surface area contributed by atoms with Crippen molar-refractivity contribution >= 4 is 11.6 Å². The molecule has 0 heterocycles. The second-order valence-electron chi connectivity index (χ2n) is 6.75. The summed E-state index contributed by atoms with van der Waals surface area (Å²) in [6.07, 6.45) is 2.42. The molecule has 1 heteroatoms. The SMILES string of the molecule is CC(C)c1ccc(C(C)CCC(C)c2ccc(Cl)cc2)cc1. The largest absolute Gasteiger partial charge is 0.0843 e. The van der Waals surface area contributed by atoms with E-state index in [4.69, 9.17) is 11.6 Å². The van der Waals surface area contributed by atoms with Crippen LogP contribution >= 0.6 is 11.6 Å². The molecule has 0 aromatic heterocycles. The Bertz CT molecular complexity index is 566. The molecule has 2 rings (SSSR count). The van der Waals surface area contributed by atoms with Crippen molar-refractivity contribution in [3.63, 3.8) is 0 Å². The highest BCUT2D eigenvalue weighted by Crippen LogP contribution is 2.29.